The fourth-order valence-electron chi connectivity index (χ4n) is 0.756. The molecular formula is C8H9NO3S. The second-order valence-corrected chi connectivity index (χ2v) is 3.42. The highest BCUT2D eigenvalue weighted by molar-refractivity contribution is 7.99. The Hall–Kier alpha value is -1.07. The lowest BCUT2D eigenvalue weighted by Crippen LogP contribution is -1.99. The third kappa shape index (κ3) is 3.04. The van der Waals surface area contributed by atoms with Crippen LogP contribution in [0, 0.1) is 0 Å². The summed E-state index contributed by atoms with van der Waals surface area (Å²) >= 11 is 1.44. The minimum atomic E-state index is -1.03. The molecule has 70 valence electrons. The third-order valence-corrected chi connectivity index (χ3v) is 2.28. The molecule has 0 fully saturated rings. The number of hydrogen-bond acceptors (Lipinski definition) is 4. The fraction of sp³-hybridized carbons (Fsp3) is 0.250. The van der Waals surface area contributed by atoms with Crippen molar-refractivity contribution in [2.45, 2.75) is 4.90 Å². The monoisotopic (exact) mass is 199 g/mol. The molecule has 5 heteroatoms. The molecule has 13 heavy (non-hydrogen) atoms. The molecule has 0 atom stereocenters. The second-order valence-electron chi connectivity index (χ2n) is 2.26. The summed E-state index contributed by atoms with van der Waals surface area (Å²) in [5.41, 5.74) is 0.0355. The minimum Gasteiger partial charge on any atom is -0.477 e. The maximum Gasteiger partial charge on any atom is 0.354 e. The summed E-state index contributed by atoms with van der Waals surface area (Å²) in [6.07, 6.45) is 1.49. The van der Waals surface area contributed by atoms with E-state index in [9.17, 15) is 4.79 Å². The Balaban J connectivity index is 2.64. The molecule has 0 aliphatic carbocycles. The number of carbonyl (C=O) groups is 1. The molecular weight excluding hydrogens is 190 g/mol. The molecule has 1 aromatic rings. The molecule has 0 unspecified atom stereocenters. The first-order chi connectivity index (χ1) is 6.24. The number of rotatable bonds is 4. The normalized spacial score (nSPS) is 9.92. The molecule has 1 aromatic heterocycles. The van der Waals surface area contributed by atoms with Crippen LogP contribution in [0.3, 0.4) is 0 Å². The topological polar surface area (TPSA) is 70.4 Å². The van der Waals surface area contributed by atoms with Crippen LogP contribution in [-0.2, 0) is 0 Å². The predicted octanol–water partition coefficient (Wildman–Crippen LogP) is 0.864. The van der Waals surface area contributed by atoms with Crippen LogP contribution >= 0.6 is 11.8 Å². The molecule has 2 N–H and O–H groups in total. The lowest BCUT2D eigenvalue weighted by Gasteiger charge is -1.98. The van der Waals surface area contributed by atoms with Crippen LogP contribution in [0.5, 0.6) is 0 Å². The van der Waals surface area contributed by atoms with Gasteiger partial charge in [-0.1, -0.05) is 0 Å². The van der Waals surface area contributed by atoms with Gasteiger partial charge in [0.15, 0.2) is 0 Å². The highest BCUT2D eigenvalue weighted by Gasteiger charge is 2.02. The quantitative estimate of drug-likeness (QED) is 0.704. The molecule has 0 saturated heterocycles. The van der Waals surface area contributed by atoms with E-state index >= 15 is 0 Å². The van der Waals surface area contributed by atoms with Gasteiger partial charge in [0.05, 0.1) is 6.61 Å². The molecule has 1 rings (SSSR count). The molecule has 0 aliphatic rings. The number of nitrogens with zero attached hydrogens (tertiary/aromatic N) is 1. The summed E-state index contributed by atoms with van der Waals surface area (Å²) in [4.78, 5) is 15.0. The number of aromatic carboxylic acids is 1. The van der Waals surface area contributed by atoms with E-state index in [-0.39, 0.29) is 12.3 Å². The van der Waals surface area contributed by atoms with Crippen molar-refractivity contribution in [3.63, 3.8) is 0 Å². The Kier molecular flexibility index (Phi) is 3.72. The van der Waals surface area contributed by atoms with Gasteiger partial charge in [-0.2, -0.15) is 0 Å². The Labute approximate surface area is 79.6 Å². The minimum absolute atomic E-state index is 0.0355. The van der Waals surface area contributed by atoms with Crippen LogP contribution in [0.1, 0.15) is 10.5 Å². The van der Waals surface area contributed by atoms with Gasteiger partial charge in [0.25, 0.3) is 0 Å². The Morgan fingerprint density at radius 1 is 1.54 bits per heavy atom. The molecule has 0 bridgehead atoms. The average Bonchev–Trinajstić information content (AvgIpc) is 2.15. The van der Waals surface area contributed by atoms with E-state index in [0.29, 0.717) is 5.75 Å². The summed E-state index contributed by atoms with van der Waals surface area (Å²) in [5.74, 6) is -0.438. The molecule has 0 aliphatic heterocycles. The van der Waals surface area contributed by atoms with Gasteiger partial charge in [0, 0.05) is 16.8 Å². The van der Waals surface area contributed by atoms with Crippen LogP contribution < -0.4 is 0 Å². The lowest BCUT2D eigenvalue weighted by atomic mass is 10.4. The zero-order valence-corrected chi connectivity index (χ0v) is 7.62. The van der Waals surface area contributed by atoms with E-state index in [0.717, 1.165) is 4.90 Å². The van der Waals surface area contributed by atoms with Crippen molar-refractivity contribution < 1.29 is 15.0 Å². The van der Waals surface area contributed by atoms with Crippen molar-refractivity contribution in [2.24, 2.45) is 0 Å². The van der Waals surface area contributed by atoms with Crippen molar-refractivity contribution in [3.05, 3.63) is 24.0 Å². The number of pyridine rings is 1. The van der Waals surface area contributed by atoms with Gasteiger partial charge in [0.2, 0.25) is 0 Å². The van der Waals surface area contributed by atoms with Crippen molar-refractivity contribution in [1.82, 2.24) is 4.98 Å². The summed E-state index contributed by atoms with van der Waals surface area (Å²) in [5, 5.41) is 17.1. The second kappa shape index (κ2) is 4.84. The van der Waals surface area contributed by atoms with E-state index in [1.807, 2.05) is 0 Å². The maximum atomic E-state index is 10.4. The zero-order valence-electron chi connectivity index (χ0n) is 6.80. The van der Waals surface area contributed by atoms with E-state index in [1.54, 1.807) is 6.07 Å². The average molecular weight is 199 g/mol. The van der Waals surface area contributed by atoms with Crippen molar-refractivity contribution in [2.75, 3.05) is 12.4 Å². The van der Waals surface area contributed by atoms with Crippen LogP contribution in [0.25, 0.3) is 0 Å². The third-order valence-electron chi connectivity index (χ3n) is 1.32. The Morgan fingerprint density at radius 3 is 2.77 bits per heavy atom. The number of carboxylic acids is 1. The van der Waals surface area contributed by atoms with Gasteiger partial charge in [-0.05, 0) is 12.1 Å². The number of aliphatic hydroxyl groups excluding tert-OH is 1. The van der Waals surface area contributed by atoms with E-state index in [2.05, 4.69) is 4.98 Å². The van der Waals surface area contributed by atoms with Crippen LogP contribution in [0.2, 0.25) is 0 Å². The van der Waals surface area contributed by atoms with Gasteiger partial charge in [0.1, 0.15) is 5.69 Å². The number of hydrogen-bond donors (Lipinski definition) is 2. The summed E-state index contributed by atoms with van der Waals surface area (Å²) in [6.45, 7) is 0.103. The summed E-state index contributed by atoms with van der Waals surface area (Å²) in [6, 6.07) is 3.12. The van der Waals surface area contributed by atoms with Gasteiger partial charge >= 0.3 is 5.97 Å². The number of aliphatic hydroxyl groups is 1. The number of aromatic nitrogens is 1. The van der Waals surface area contributed by atoms with Gasteiger partial charge in [-0.25, -0.2) is 9.78 Å². The first-order valence-electron chi connectivity index (χ1n) is 3.67. The maximum absolute atomic E-state index is 10.4. The zero-order chi connectivity index (χ0) is 9.68. The summed E-state index contributed by atoms with van der Waals surface area (Å²) in [7, 11) is 0. The molecule has 0 radical (unpaired) electrons. The van der Waals surface area contributed by atoms with E-state index in [4.69, 9.17) is 10.2 Å². The van der Waals surface area contributed by atoms with Crippen LogP contribution in [0.4, 0.5) is 0 Å². The van der Waals surface area contributed by atoms with Crippen molar-refractivity contribution in [3.8, 4) is 0 Å². The van der Waals surface area contributed by atoms with Crippen LogP contribution in [-0.4, -0.2) is 33.5 Å². The highest BCUT2D eigenvalue weighted by atomic mass is 32.2. The first kappa shape index (κ1) is 10.0. The Bertz CT molecular complexity index is 286. The van der Waals surface area contributed by atoms with E-state index < -0.39 is 5.97 Å². The van der Waals surface area contributed by atoms with Crippen LogP contribution in [0.15, 0.2) is 23.2 Å². The Morgan fingerprint density at radius 2 is 2.31 bits per heavy atom. The lowest BCUT2D eigenvalue weighted by molar-refractivity contribution is 0.0690. The molecule has 0 aromatic carbocycles. The van der Waals surface area contributed by atoms with Crippen molar-refractivity contribution in [1.29, 1.82) is 0 Å². The molecule has 0 spiro atoms. The largest absolute Gasteiger partial charge is 0.477 e. The van der Waals surface area contributed by atoms with Gasteiger partial charge in [-0.15, -0.1) is 11.8 Å². The standard InChI is InChI=1S/C8H9NO3S/c10-3-4-13-6-1-2-7(8(11)12)9-5-6/h1-2,5,10H,3-4H2,(H,11,12). The number of thioether (sulfide) groups is 1. The molecule has 0 amide bonds. The van der Waals surface area contributed by atoms with Gasteiger partial charge in [-0.3, -0.25) is 0 Å². The molecule has 0 saturated carbocycles. The summed E-state index contributed by atoms with van der Waals surface area (Å²) < 4.78 is 0. The van der Waals surface area contributed by atoms with Crippen molar-refractivity contribution >= 4 is 17.7 Å². The van der Waals surface area contributed by atoms with Gasteiger partial charge < -0.3 is 10.2 Å². The fourth-order valence-corrected chi connectivity index (χ4v) is 1.37. The predicted molar refractivity (Wildman–Crippen MR) is 49.0 cm³/mol. The smallest absolute Gasteiger partial charge is 0.354 e. The molecule has 4 nitrogen and oxygen atoms in total. The number of carboxylic acid groups (broad SMARTS) is 1. The SMILES string of the molecule is O=C(O)c1ccc(SCCO)cn1. The van der Waals surface area contributed by atoms with E-state index in [1.165, 1.54) is 24.0 Å². The highest BCUT2D eigenvalue weighted by Crippen LogP contribution is 2.15. The first-order valence-corrected chi connectivity index (χ1v) is 4.65. The molecule has 1 heterocycles.